The molecule has 0 bridgehead atoms. The Morgan fingerprint density at radius 3 is 2.94 bits per heavy atom. The van der Waals surface area contributed by atoms with Crippen LogP contribution in [0, 0.1) is 6.92 Å². The van der Waals surface area contributed by atoms with E-state index in [4.69, 9.17) is 0 Å². The van der Waals surface area contributed by atoms with Gasteiger partial charge < -0.3 is 10.4 Å². The van der Waals surface area contributed by atoms with E-state index in [1.54, 1.807) is 6.92 Å². The van der Waals surface area contributed by atoms with Crippen LogP contribution in [0.3, 0.4) is 0 Å². The van der Waals surface area contributed by atoms with Gasteiger partial charge in [-0.2, -0.15) is 0 Å². The highest BCUT2D eigenvalue weighted by Gasteiger charge is 2.03. The summed E-state index contributed by atoms with van der Waals surface area (Å²) < 4.78 is 0. The van der Waals surface area contributed by atoms with Crippen molar-refractivity contribution in [1.82, 2.24) is 4.98 Å². The topological polar surface area (TPSA) is 45.1 Å². The summed E-state index contributed by atoms with van der Waals surface area (Å²) in [5.74, 6) is 0. The number of nitrogens with zero attached hydrogens (tertiary/aromatic N) is 1. The number of nitrogens with one attached hydrogen (secondary N) is 1. The lowest BCUT2D eigenvalue weighted by atomic mass is 10.1. The van der Waals surface area contributed by atoms with E-state index in [-0.39, 0.29) is 6.10 Å². The van der Waals surface area contributed by atoms with E-state index in [0.717, 1.165) is 29.6 Å². The highest BCUT2D eigenvalue weighted by atomic mass is 16.3. The molecule has 2 rings (SSSR count). The summed E-state index contributed by atoms with van der Waals surface area (Å²) in [5, 5.41) is 13.7. The van der Waals surface area contributed by atoms with Gasteiger partial charge in [-0.3, -0.25) is 4.98 Å². The molecular formula is C14H18N2O. The van der Waals surface area contributed by atoms with Gasteiger partial charge in [-0.1, -0.05) is 18.2 Å². The molecule has 90 valence electrons. The van der Waals surface area contributed by atoms with Gasteiger partial charge in [0.15, 0.2) is 0 Å². The van der Waals surface area contributed by atoms with E-state index in [1.165, 1.54) is 5.56 Å². The van der Waals surface area contributed by atoms with Crippen molar-refractivity contribution in [3.8, 4) is 0 Å². The Morgan fingerprint density at radius 2 is 2.18 bits per heavy atom. The summed E-state index contributed by atoms with van der Waals surface area (Å²) in [6.07, 6.45) is 2.30. The third-order valence-electron chi connectivity index (χ3n) is 2.85. The Kier molecular flexibility index (Phi) is 3.59. The zero-order chi connectivity index (χ0) is 12.3. The molecule has 2 aromatic rings. The molecule has 1 aromatic heterocycles. The third-order valence-corrected chi connectivity index (χ3v) is 2.85. The van der Waals surface area contributed by atoms with E-state index >= 15 is 0 Å². The van der Waals surface area contributed by atoms with Gasteiger partial charge in [0.2, 0.25) is 0 Å². The second kappa shape index (κ2) is 5.15. The summed E-state index contributed by atoms with van der Waals surface area (Å²) in [6.45, 7) is 4.64. The second-order valence-corrected chi connectivity index (χ2v) is 4.39. The molecule has 17 heavy (non-hydrogen) atoms. The van der Waals surface area contributed by atoms with Gasteiger partial charge in [0.25, 0.3) is 0 Å². The van der Waals surface area contributed by atoms with Gasteiger partial charge >= 0.3 is 0 Å². The van der Waals surface area contributed by atoms with Crippen molar-refractivity contribution in [3.63, 3.8) is 0 Å². The molecule has 0 aliphatic carbocycles. The minimum atomic E-state index is -0.266. The maximum absolute atomic E-state index is 9.24. The average molecular weight is 230 g/mol. The fourth-order valence-electron chi connectivity index (χ4n) is 1.89. The van der Waals surface area contributed by atoms with Crippen molar-refractivity contribution in [2.75, 3.05) is 11.9 Å². The molecule has 1 atom stereocenters. The molecule has 0 saturated carbocycles. The number of anilines is 1. The van der Waals surface area contributed by atoms with Crippen LogP contribution < -0.4 is 5.32 Å². The molecule has 0 aliphatic rings. The number of pyridine rings is 1. The molecule has 0 saturated heterocycles. The summed E-state index contributed by atoms with van der Waals surface area (Å²) in [5.41, 5.74) is 3.30. The molecule has 0 radical (unpaired) electrons. The lowest BCUT2D eigenvalue weighted by molar-refractivity contribution is 0.189. The number of rotatable bonds is 4. The van der Waals surface area contributed by atoms with Crippen LogP contribution in [0.1, 0.15) is 18.9 Å². The quantitative estimate of drug-likeness (QED) is 0.849. The molecule has 1 unspecified atom stereocenters. The fourth-order valence-corrected chi connectivity index (χ4v) is 1.89. The first-order chi connectivity index (χ1) is 8.18. The van der Waals surface area contributed by atoms with Crippen molar-refractivity contribution in [3.05, 3.63) is 36.0 Å². The number of aliphatic hydroxyl groups is 1. The standard InChI is InChI=1S/C14H18N2O/c1-10-4-3-5-12-13(7-9-16-14(10)12)15-8-6-11(2)17/h3-5,7,9,11,17H,6,8H2,1-2H3,(H,15,16). The van der Waals surface area contributed by atoms with E-state index in [1.807, 2.05) is 18.3 Å². The molecule has 0 spiro atoms. The van der Waals surface area contributed by atoms with E-state index in [9.17, 15) is 5.11 Å². The van der Waals surface area contributed by atoms with Crippen LogP contribution in [0.4, 0.5) is 5.69 Å². The molecule has 3 heteroatoms. The summed E-state index contributed by atoms with van der Waals surface area (Å²) in [4.78, 5) is 4.40. The molecule has 1 aromatic carbocycles. The van der Waals surface area contributed by atoms with Gasteiger partial charge in [-0.05, 0) is 31.9 Å². The van der Waals surface area contributed by atoms with Crippen LogP contribution in [-0.2, 0) is 0 Å². The van der Waals surface area contributed by atoms with Gasteiger partial charge in [0, 0.05) is 23.8 Å². The van der Waals surface area contributed by atoms with Gasteiger partial charge in [0.1, 0.15) is 0 Å². The molecule has 0 fully saturated rings. The van der Waals surface area contributed by atoms with Crippen molar-refractivity contribution >= 4 is 16.6 Å². The fraction of sp³-hybridized carbons (Fsp3) is 0.357. The summed E-state index contributed by atoms with van der Waals surface area (Å²) in [7, 11) is 0. The highest BCUT2D eigenvalue weighted by Crippen LogP contribution is 2.23. The van der Waals surface area contributed by atoms with Crippen LogP contribution in [0.2, 0.25) is 0 Å². The van der Waals surface area contributed by atoms with Crippen LogP contribution in [0.15, 0.2) is 30.5 Å². The lowest BCUT2D eigenvalue weighted by Gasteiger charge is -2.11. The number of benzene rings is 1. The predicted molar refractivity (Wildman–Crippen MR) is 71.3 cm³/mol. The van der Waals surface area contributed by atoms with E-state index in [2.05, 4.69) is 29.4 Å². The first-order valence-corrected chi connectivity index (χ1v) is 5.95. The Morgan fingerprint density at radius 1 is 1.35 bits per heavy atom. The number of hydrogen-bond acceptors (Lipinski definition) is 3. The SMILES string of the molecule is Cc1cccc2c(NCCC(C)O)ccnc12. The molecule has 3 nitrogen and oxygen atoms in total. The van der Waals surface area contributed by atoms with Crippen molar-refractivity contribution in [1.29, 1.82) is 0 Å². The average Bonchev–Trinajstić information content (AvgIpc) is 2.30. The Labute approximate surface area is 102 Å². The van der Waals surface area contributed by atoms with Crippen LogP contribution in [-0.4, -0.2) is 22.7 Å². The Hall–Kier alpha value is -1.61. The van der Waals surface area contributed by atoms with Crippen LogP contribution in [0.25, 0.3) is 10.9 Å². The smallest absolute Gasteiger partial charge is 0.0751 e. The minimum absolute atomic E-state index is 0.266. The summed E-state index contributed by atoms with van der Waals surface area (Å²) in [6, 6.07) is 8.15. The van der Waals surface area contributed by atoms with E-state index in [0.29, 0.717) is 0 Å². The normalized spacial score (nSPS) is 12.6. The zero-order valence-corrected chi connectivity index (χ0v) is 10.3. The third kappa shape index (κ3) is 2.74. The maximum atomic E-state index is 9.24. The molecular weight excluding hydrogens is 212 g/mol. The molecule has 2 N–H and O–H groups in total. The number of fused-ring (bicyclic) bond motifs is 1. The molecule has 0 aliphatic heterocycles. The number of aromatic nitrogens is 1. The summed E-state index contributed by atoms with van der Waals surface area (Å²) >= 11 is 0. The van der Waals surface area contributed by atoms with Gasteiger partial charge in [0.05, 0.1) is 11.6 Å². The Bertz CT molecular complexity index is 509. The second-order valence-electron chi connectivity index (χ2n) is 4.39. The number of para-hydroxylation sites is 1. The lowest BCUT2D eigenvalue weighted by Crippen LogP contribution is -2.10. The Balaban J connectivity index is 2.25. The van der Waals surface area contributed by atoms with Crippen molar-refractivity contribution in [2.45, 2.75) is 26.4 Å². The minimum Gasteiger partial charge on any atom is -0.393 e. The first-order valence-electron chi connectivity index (χ1n) is 5.95. The number of aliphatic hydroxyl groups excluding tert-OH is 1. The molecule has 0 amide bonds. The largest absolute Gasteiger partial charge is 0.393 e. The first kappa shape index (κ1) is 11.9. The van der Waals surface area contributed by atoms with Gasteiger partial charge in [-0.25, -0.2) is 0 Å². The van der Waals surface area contributed by atoms with Crippen molar-refractivity contribution in [2.24, 2.45) is 0 Å². The zero-order valence-electron chi connectivity index (χ0n) is 10.3. The number of hydrogen-bond donors (Lipinski definition) is 2. The van der Waals surface area contributed by atoms with Crippen molar-refractivity contribution < 1.29 is 5.11 Å². The predicted octanol–water partition coefficient (Wildman–Crippen LogP) is 2.73. The molecule has 1 heterocycles. The number of aryl methyl sites for hydroxylation is 1. The van der Waals surface area contributed by atoms with E-state index < -0.39 is 0 Å². The maximum Gasteiger partial charge on any atom is 0.0751 e. The highest BCUT2D eigenvalue weighted by molar-refractivity contribution is 5.92. The van der Waals surface area contributed by atoms with Crippen LogP contribution in [0.5, 0.6) is 0 Å². The monoisotopic (exact) mass is 230 g/mol. The van der Waals surface area contributed by atoms with Crippen LogP contribution >= 0.6 is 0 Å². The van der Waals surface area contributed by atoms with Gasteiger partial charge in [-0.15, -0.1) is 0 Å².